The monoisotopic (exact) mass is 175 g/mol. The van der Waals surface area contributed by atoms with Crippen LogP contribution in [0.4, 0.5) is 0 Å². The molecule has 0 saturated carbocycles. The van der Waals surface area contributed by atoms with Gasteiger partial charge in [-0.3, -0.25) is 0 Å². The summed E-state index contributed by atoms with van der Waals surface area (Å²) in [5.41, 5.74) is 0. The third kappa shape index (κ3) is 2.49. The summed E-state index contributed by atoms with van der Waals surface area (Å²) >= 11 is 9.68. The zero-order chi connectivity index (χ0) is 6.78. The molecular formula is C2H3Cl2NO2S. The van der Waals surface area contributed by atoms with Gasteiger partial charge in [-0.25, -0.2) is 8.42 Å². The molecule has 0 N–H and O–H groups in total. The summed E-state index contributed by atoms with van der Waals surface area (Å²) in [5.74, 6) is 0. The second-order valence-electron chi connectivity index (χ2n) is 1.11. The van der Waals surface area contributed by atoms with Crippen LogP contribution in [0.5, 0.6) is 0 Å². The van der Waals surface area contributed by atoms with E-state index in [2.05, 4.69) is 4.51 Å². The van der Waals surface area contributed by atoms with Gasteiger partial charge >= 0.3 is 0 Å². The van der Waals surface area contributed by atoms with Gasteiger partial charge in [-0.05, 0) is 11.6 Å². The third-order valence-electron chi connectivity index (χ3n) is 0.372. The lowest BCUT2D eigenvalue weighted by Gasteiger charge is -1.85. The first-order chi connectivity index (χ1) is 3.48. The van der Waals surface area contributed by atoms with Crippen LogP contribution in [-0.2, 0) is 9.84 Å². The molecular weight excluding hydrogens is 173 g/mol. The molecule has 0 aromatic carbocycles. The Morgan fingerprint density at radius 3 is 2.00 bits per heavy atom. The first-order valence-electron chi connectivity index (χ1n) is 1.53. The summed E-state index contributed by atoms with van der Waals surface area (Å²) < 4.78 is 22.6. The van der Waals surface area contributed by atoms with E-state index in [-0.39, 0.29) is 0 Å². The van der Waals surface area contributed by atoms with Gasteiger partial charge in [-0.1, -0.05) is 0 Å². The number of rotatable bonds is 0. The van der Waals surface area contributed by atoms with Crippen LogP contribution in [0, 0.1) is 0 Å². The van der Waals surface area contributed by atoms with E-state index >= 15 is 0 Å². The van der Waals surface area contributed by atoms with E-state index in [4.69, 9.17) is 23.4 Å². The van der Waals surface area contributed by atoms with Crippen molar-refractivity contribution in [2.45, 2.75) is 0 Å². The minimum Gasteiger partial charge on any atom is -0.221 e. The number of sulfone groups is 1. The molecule has 0 fully saturated rings. The zero-order valence-electron chi connectivity index (χ0n) is 3.93. The molecule has 0 aromatic rings. The molecule has 0 spiro atoms. The fourth-order valence-corrected chi connectivity index (χ4v) is 0.564. The highest BCUT2D eigenvalue weighted by Gasteiger charge is 2.07. The van der Waals surface area contributed by atoms with Crippen LogP contribution >= 0.6 is 23.4 Å². The maximum Gasteiger partial charge on any atom is 0.235 e. The number of hydrogen-bond donors (Lipinski definition) is 0. The molecule has 0 atom stereocenters. The summed E-state index contributed by atoms with van der Waals surface area (Å²) in [7, 11) is -3.37. The Bertz CT molecular complexity index is 194. The molecule has 0 unspecified atom stereocenters. The normalized spacial score (nSPS) is 14.1. The van der Waals surface area contributed by atoms with Gasteiger partial charge in [0.2, 0.25) is 14.3 Å². The molecule has 8 heavy (non-hydrogen) atoms. The molecule has 0 bridgehead atoms. The molecule has 3 nitrogen and oxygen atoms in total. The minimum atomic E-state index is -3.37. The lowest BCUT2D eigenvalue weighted by molar-refractivity contribution is 0.613. The minimum absolute atomic E-state index is 0.584. The van der Waals surface area contributed by atoms with Crippen LogP contribution in [0.3, 0.4) is 0 Å². The number of hydrogen-bond acceptors (Lipinski definition) is 3. The summed E-state index contributed by atoms with van der Waals surface area (Å²) in [4.78, 5) is 0. The Balaban J connectivity index is 4.55. The Morgan fingerprint density at radius 1 is 1.62 bits per heavy atom. The van der Waals surface area contributed by atoms with Crippen molar-refractivity contribution in [3.63, 3.8) is 0 Å². The second kappa shape index (κ2) is 2.66. The van der Waals surface area contributed by atoms with Gasteiger partial charge in [-0.15, -0.1) is 0 Å². The van der Waals surface area contributed by atoms with E-state index in [0.717, 1.165) is 6.26 Å². The highest BCUT2D eigenvalue weighted by atomic mass is 35.5. The van der Waals surface area contributed by atoms with E-state index in [9.17, 15) is 8.42 Å². The Morgan fingerprint density at radius 2 is 2.00 bits per heavy atom. The largest absolute Gasteiger partial charge is 0.235 e. The molecule has 48 valence electrons. The Labute approximate surface area is 57.3 Å². The van der Waals surface area contributed by atoms with Crippen LogP contribution in [0.1, 0.15) is 0 Å². The van der Waals surface area contributed by atoms with Crippen LogP contribution in [0.25, 0.3) is 0 Å². The van der Waals surface area contributed by atoms with Crippen molar-refractivity contribution in [2.75, 3.05) is 6.26 Å². The van der Waals surface area contributed by atoms with Crippen LogP contribution in [0.2, 0.25) is 0 Å². The predicted octanol–water partition coefficient (Wildman–Crippen LogP) is 0.780. The highest BCUT2D eigenvalue weighted by Crippen LogP contribution is 1.96. The third-order valence-corrected chi connectivity index (χ3v) is 2.36. The first-order valence-corrected chi connectivity index (χ1v) is 4.13. The number of halogens is 2. The Hall–Kier alpha value is 0.200. The average Bonchev–Trinajstić information content (AvgIpc) is 1.62. The van der Waals surface area contributed by atoms with Crippen molar-refractivity contribution in [3.05, 3.63) is 0 Å². The van der Waals surface area contributed by atoms with E-state index in [1.54, 1.807) is 0 Å². The summed E-state index contributed by atoms with van der Waals surface area (Å²) in [6.45, 7) is 0. The first kappa shape index (κ1) is 8.20. The summed E-state index contributed by atoms with van der Waals surface area (Å²) in [6, 6.07) is 0. The van der Waals surface area contributed by atoms with E-state index in [1.807, 2.05) is 0 Å². The highest BCUT2D eigenvalue weighted by molar-refractivity contribution is 8.09. The smallest absolute Gasteiger partial charge is 0.221 e. The zero-order valence-corrected chi connectivity index (χ0v) is 6.26. The van der Waals surface area contributed by atoms with Gasteiger partial charge in [-0.2, -0.15) is 4.51 Å². The topological polar surface area (TPSA) is 46.5 Å². The fraction of sp³-hybridized carbons (Fsp3) is 0.500. The molecule has 0 aliphatic rings. The SMILES string of the molecule is CS(=O)(=O)/C(Cl)=N/Cl. The molecule has 0 aliphatic heterocycles. The van der Waals surface area contributed by atoms with E-state index in [1.165, 1.54) is 0 Å². The average molecular weight is 176 g/mol. The summed E-state index contributed by atoms with van der Waals surface area (Å²) in [6.07, 6.45) is 0.918. The molecule has 0 heterocycles. The van der Waals surface area contributed by atoms with E-state index < -0.39 is 14.3 Å². The fourth-order valence-electron chi connectivity index (χ4n) is 0.0627. The maximum atomic E-state index is 10.2. The van der Waals surface area contributed by atoms with Crippen LogP contribution < -0.4 is 0 Å². The van der Waals surface area contributed by atoms with Crippen molar-refractivity contribution < 1.29 is 8.42 Å². The van der Waals surface area contributed by atoms with Gasteiger partial charge in [0.05, 0.1) is 0 Å². The van der Waals surface area contributed by atoms with Crippen molar-refractivity contribution in [1.82, 2.24) is 0 Å². The van der Waals surface area contributed by atoms with Gasteiger partial charge < -0.3 is 0 Å². The van der Waals surface area contributed by atoms with Crippen LogP contribution in [0.15, 0.2) is 4.51 Å². The summed E-state index contributed by atoms with van der Waals surface area (Å²) in [5, 5.41) is 0. The lowest BCUT2D eigenvalue weighted by atomic mass is 11.7. The quantitative estimate of drug-likeness (QED) is 0.404. The molecule has 0 rings (SSSR count). The predicted molar refractivity (Wildman–Crippen MR) is 34.0 cm³/mol. The van der Waals surface area contributed by atoms with Crippen LogP contribution in [-0.4, -0.2) is 19.2 Å². The van der Waals surface area contributed by atoms with Gasteiger partial charge in [0.25, 0.3) is 0 Å². The molecule has 0 radical (unpaired) electrons. The number of nitrogens with zero attached hydrogens (tertiary/aromatic N) is 1. The van der Waals surface area contributed by atoms with Gasteiger partial charge in [0.15, 0.2) is 0 Å². The molecule has 0 amide bonds. The standard InChI is InChI=1S/C2H3Cl2NO2S/c1-8(6,7)2(3)5-4/h1H3/b5-2+. The second-order valence-corrected chi connectivity index (χ2v) is 3.79. The maximum absolute atomic E-state index is 10.2. The Kier molecular flexibility index (Phi) is 2.73. The van der Waals surface area contributed by atoms with Crippen molar-refractivity contribution in [3.8, 4) is 0 Å². The van der Waals surface area contributed by atoms with Crippen molar-refractivity contribution in [2.24, 2.45) is 4.51 Å². The lowest BCUT2D eigenvalue weighted by Crippen LogP contribution is -2.03. The van der Waals surface area contributed by atoms with Gasteiger partial charge in [0, 0.05) is 18.0 Å². The molecule has 6 heteroatoms. The molecule has 0 aromatic heterocycles. The molecule has 0 saturated heterocycles. The molecule has 0 aliphatic carbocycles. The van der Waals surface area contributed by atoms with Gasteiger partial charge in [0.1, 0.15) is 0 Å². The van der Waals surface area contributed by atoms with Crippen molar-refractivity contribution >= 4 is 37.7 Å². The van der Waals surface area contributed by atoms with Crippen molar-refractivity contribution in [1.29, 1.82) is 0 Å². The van der Waals surface area contributed by atoms with E-state index in [0.29, 0.717) is 0 Å².